The van der Waals surface area contributed by atoms with Gasteiger partial charge in [0.2, 0.25) is 5.91 Å². The molecule has 0 unspecified atom stereocenters. The van der Waals surface area contributed by atoms with E-state index in [-0.39, 0.29) is 5.91 Å². The second-order valence-corrected chi connectivity index (χ2v) is 5.98. The average Bonchev–Trinajstić information content (AvgIpc) is 2.49. The topological polar surface area (TPSA) is 55.1 Å². The maximum atomic E-state index is 11.4. The SMILES string of the molecule is Cc1cccc(CSCc2ccccc2CC(=O)NN)c1. The van der Waals surface area contributed by atoms with Gasteiger partial charge in [-0.15, -0.1) is 0 Å². The molecule has 110 valence electrons. The largest absolute Gasteiger partial charge is 0.294 e. The Morgan fingerprint density at radius 2 is 1.86 bits per heavy atom. The Balaban J connectivity index is 1.95. The molecule has 2 aromatic rings. The molecule has 21 heavy (non-hydrogen) atoms. The molecule has 0 aromatic heterocycles. The van der Waals surface area contributed by atoms with Crippen molar-refractivity contribution in [2.45, 2.75) is 24.9 Å². The van der Waals surface area contributed by atoms with E-state index >= 15 is 0 Å². The predicted octanol–water partition coefficient (Wildman–Crippen LogP) is 2.96. The lowest BCUT2D eigenvalue weighted by molar-refractivity contribution is -0.120. The fraction of sp³-hybridized carbons (Fsp3) is 0.235. The summed E-state index contributed by atoms with van der Waals surface area (Å²) in [6, 6.07) is 16.6. The monoisotopic (exact) mass is 300 g/mol. The number of nitrogens with one attached hydrogen (secondary N) is 1. The number of hydrazine groups is 1. The molecule has 0 aliphatic heterocycles. The predicted molar refractivity (Wildman–Crippen MR) is 88.7 cm³/mol. The highest BCUT2D eigenvalue weighted by Gasteiger charge is 2.06. The summed E-state index contributed by atoms with van der Waals surface area (Å²) in [5.74, 6) is 6.86. The first kappa shape index (κ1) is 15.6. The Bertz CT molecular complexity index is 613. The van der Waals surface area contributed by atoms with Crippen LogP contribution >= 0.6 is 11.8 Å². The lowest BCUT2D eigenvalue weighted by Crippen LogP contribution is -2.31. The molecule has 0 bridgehead atoms. The van der Waals surface area contributed by atoms with Crippen LogP contribution in [0.25, 0.3) is 0 Å². The lowest BCUT2D eigenvalue weighted by atomic mass is 10.1. The van der Waals surface area contributed by atoms with Crippen LogP contribution in [0.3, 0.4) is 0 Å². The summed E-state index contributed by atoms with van der Waals surface area (Å²) in [4.78, 5) is 11.4. The third-order valence-corrected chi connectivity index (χ3v) is 4.29. The second kappa shape index (κ2) is 7.86. The highest BCUT2D eigenvalue weighted by atomic mass is 32.2. The van der Waals surface area contributed by atoms with Crippen molar-refractivity contribution >= 4 is 17.7 Å². The van der Waals surface area contributed by atoms with Crippen molar-refractivity contribution in [2.75, 3.05) is 0 Å². The molecule has 0 spiro atoms. The molecule has 4 heteroatoms. The van der Waals surface area contributed by atoms with E-state index in [1.807, 2.05) is 30.0 Å². The van der Waals surface area contributed by atoms with E-state index in [0.717, 1.165) is 17.1 Å². The fourth-order valence-corrected chi connectivity index (χ4v) is 3.19. The van der Waals surface area contributed by atoms with Gasteiger partial charge in [-0.2, -0.15) is 11.8 Å². The van der Waals surface area contributed by atoms with Crippen molar-refractivity contribution in [1.29, 1.82) is 0 Å². The van der Waals surface area contributed by atoms with Crippen LogP contribution in [-0.2, 0) is 22.7 Å². The molecule has 3 N–H and O–H groups in total. The second-order valence-electron chi connectivity index (χ2n) is 4.99. The van der Waals surface area contributed by atoms with E-state index in [9.17, 15) is 4.79 Å². The van der Waals surface area contributed by atoms with Gasteiger partial charge in [0.15, 0.2) is 0 Å². The molecule has 2 rings (SSSR count). The van der Waals surface area contributed by atoms with Crippen LogP contribution in [0.4, 0.5) is 0 Å². The molecule has 0 aliphatic rings. The van der Waals surface area contributed by atoms with Crippen LogP contribution in [0.2, 0.25) is 0 Å². The number of carbonyl (C=O) groups excluding carboxylic acids is 1. The Hall–Kier alpha value is -1.78. The lowest BCUT2D eigenvalue weighted by Gasteiger charge is -2.09. The number of rotatable bonds is 6. The van der Waals surface area contributed by atoms with Crippen molar-refractivity contribution in [3.63, 3.8) is 0 Å². The average molecular weight is 300 g/mol. The van der Waals surface area contributed by atoms with E-state index in [0.29, 0.717) is 6.42 Å². The molecule has 0 atom stereocenters. The molecule has 0 saturated heterocycles. The first-order valence-electron chi connectivity index (χ1n) is 6.88. The van der Waals surface area contributed by atoms with Crippen LogP contribution in [0.5, 0.6) is 0 Å². The summed E-state index contributed by atoms with van der Waals surface area (Å²) in [7, 11) is 0. The minimum atomic E-state index is -0.161. The molecule has 1 amide bonds. The van der Waals surface area contributed by atoms with E-state index in [1.54, 1.807) is 0 Å². The number of nitrogens with two attached hydrogens (primary N) is 1. The van der Waals surface area contributed by atoms with Crippen molar-refractivity contribution in [3.05, 3.63) is 70.8 Å². The minimum Gasteiger partial charge on any atom is -0.294 e. The third-order valence-electron chi connectivity index (χ3n) is 3.24. The van der Waals surface area contributed by atoms with Gasteiger partial charge in [-0.25, -0.2) is 5.84 Å². The Morgan fingerprint density at radius 1 is 1.10 bits per heavy atom. The van der Waals surface area contributed by atoms with E-state index < -0.39 is 0 Å². The quantitative estimate of drug-likeness (QED) is 0.490. The van der Waals surface area contributed by atoms with Gasteiger partial charge in [0, 0.05) is 11.5 Å². The van der Waals surface area contributed by atoms with Crippen LogP contribution < -0.4 is 11.3 Å². The van der Waals surface area contributed by atoms with Gasteiger partial charge in [-0.1, -0.05) is 54.1 Å². The van der Waals surface area contributed by atoms with E-state index in [1.165, 1.54) is 16.7 Å². The molecule has 2 aromatic carbocycles. The zero-order chi connectivity index (χ0) is 15.1. The Labute approximate surface area is 129 Å². The third kappa shape index (κ3) is 4.92. The number of carbonyl (C=O) groups is 1. The molecule has 0 aliphatic carbocycles. The standard InChI is InChI=1S/C17H20N2OS/c1-13-5-4-6-14(9-13)11-21-12-16-8-3-2-7-15(16)10-17(20)19-18/h2-9H,10-12,18H2,1H3,(H,19,20). The highest BCUT2D eigenvalue weighted by Crippen LogP contribution is 2.21. The van der Waals surface area contributed by atoms with Crippen LogP contribution in [-0.4, -0.2) is 5.91 Å². The Morgan fingerprint density at radius 3 is 2.57 bits per heavy atom. The molecule has 0 radical (unpaired) electrons. The number of hydrogen-bond donors (Lipinski definition) is 2. The Kier molecular flexibility index (Phi) is 5.84. The summed E-state index contributed by atoms with van der Waals surface area (Å²) in [6.07, 6.45) is 0.331. The van der Waals surface area contributed by atoms with Crippen molar-refractivity contribution < 1.29 is 4.79 Å². The van der Waals surface area contributed by atoms with Gasteiger partial charge in [0.1, 0.15) is 0 Å². The van der Waals surface area contributed by atoms with Crippen LogP contribution in [0, 0.1) is 6.92 Å². The zero-order valence-electron chi connectivity index (χ0n) is 12.1. The van der Waals surface area contributed by atoms with Crippen LogP contribution in [0.1, 0.15) is 22.3 Å². The summed E-state index contributed by atoms with van der Waals surface area (Å²) >= 11 is 1.85. The van der Waals surface area contributed by atoms with Gasteiger partial charge in [0.05, 0.1) is 6.42 Å². The smallest absolute Gasteiger partial charge is 0.238 e. The highest BCUT2D eigenvalue weighted by molar-refractivity contribution is 7.97. The van der Waals surface area contributed by atoms with Gasteiger partial charge in [0.25, 0.3) is 0 Å². The number of aryl methyl sites for hydroxylation is 1. The minimum absolute atomic E-state index is 0.161. The van der Waals surface area contributed by atoms with E-state index in [4.69, 9.17) is 5.84 Å². The summed E-state index contributed by atoms with van der Waals surface area (Å²) in [5.41, 5.74) is 7.03. The van der Waals surface area contributed by atoms with Gasteiger partial charge >= 0.3 is 0 Å². The number of amides is 1. The number of benzene rings is 2. The maximum Gasteiger partial charge on any atom is 0.238 e. The zero-order valence-corrected chi connectivity index (χ0v) is 13.0. The van der Waals surface area contributed by atoms with Gasteiger partial charge in [-0.3, -0.25) is 10.2 Å². The number of hydrogen-bond acceptors (Lipinski definition) is 3. The van der Waals surface area contributed by atoms with Gasteiger partial charge in [-0.05, 0) is 23.6 Å². The number of thioether (sulfide) groups is 1. The first-order valence-corrected chi connectivity index (χ1v) is 8.04. The fourth-order valence-electron chi connectivity index (χ4n) is 2.18. The molecule has 3 nitrogen and oxygen atoms in total. The summed E-state index contributed by atoms with van der Waals surface area (Å²) in [6.45, 7) is 2.11. The van der Waals surface area contributed by atoms with Gasteiger partial charge < -0.3 is 0 Å². The first-order chi connectivity index (χ1) is 10.2. The summed E-state index contributed by atoms with van der Waals surface area (Å²) in [5, 5.41) is 0. The maximum absolute atomic E-state index is 11.4. The molecular formula is C17H20N2OS. The van der Waals surface area contributed by atoms with Crippen molar-refractivity contribution in [2.24, 2.45) is 5.84 Å². The van der Waals surface area contributed by atoms with Crippen LogP contribution in [0.15, 0.2) is 48.5 Å². The molecule has 0 fully saturated rings. The molecular weight excluding hydrogens is 280 g/mol. The summed E-state index contributed by atoms with van der Waals surface area (Å²) < 4.78 is 0. The van der Waals surface area contributed by atoms with Crippen molar-refractivity contribution in [1.82, 2.24) is 5.43 Å². The molecule has 0 heterocycles. The van der Waals surface area contributed by atoms with E-state index in [2.05, 4.69) is 42.7 Å². The van der Waals surface area contributed by atoms with Crippen molar-refractivity contribution in [3.8, 4) is 0 Å². The normalized spacial score (nSPS) is 10.4. The molecule has 0 saturated carbocycles.